The molecular weight excluding hydrogens is 304 g/mol. The number of carbonyl (C=O) groups is 2. The molecule has 3 rings (SSSR count). The summed E-state index contributed by atoms with van der Waals surface area (Å²) in [4.78, 5) is 26.3. The van der Waals surface area contributed by atoms with Gasteiger partial charge in [0.05, 0.1) is 6.26 Å². The van der Waals surface area contributed by atoms with Crippen LogP contribution >= 0.6 is 11.6 Å². The summed E-state index contributed by atoms with van der Waals surface area (Å²) in [5.41, 5.74) is 0.659. The summed E-state index contributed by atoms with van der Waals surface area (Å²) in [5, 5.41) is 3.42. The van der Waals surface area contributed by atoms with Crippen molar-refractivity contribution in [3.8, 4) is 0 Å². The second kappa shape index (κ2) is 6.23. The SMILES string of the molecule is O=C(Nc1ccc(Cl)cc1)[C@H]1CCCN1C(=O)c1ccco1. The lowest BCUT2D eigenvalue weighted by molar-refractivity contribution is -0.119. The fraction of sp³-hybridized carbons (Fsp3) is 0.250. The Labute approximate surface area is 132 Å². The van der Waals surface area contributed by atoms with E-state index in [9.17, 15) is 9.59 Å². The lowest BCUT2D eigenvalue weighted by Gasteiger charge is -2.23. The predicted molar refractivity (Wildman–Crippen MR) is 82.8 cm³/mol. The second-order valence-corrected chi connectivity index (χ2v) is 5.57. The molecule has 1 aromatic carbocycles. The van der Waals surface area contributed by atoms with Crippen LogP contribution in [-0.2, 0) is 4.79 Å². The van der Waals surface area contributed by atoms with Crippen LogP contribution in [0.25, 0.3) is 0 Å². The number of halogens is 1. The van der Waals surface area contributed by atoms with Crippen LogP contribution in [0.15, 0.2) is 47.1 Å². The van der Waals surface area contributed by atoms with Gasteiger partial charge >= 0.3 is 0 Å². The lowest BCUT2D eigenvalue weighted by Crippen LogP contribution is -2.43. The van der Waals surface area contributed by atoms with Crippen LogP contribution in [0, 0.1) is 0 Å². The van der Waals surface area contributed by atoms with Gasteiger partial charge in [-0.2, -0.15) is 0 Å². The third-order valence-corrected chi connectivity index (χ3v) is 3.91. The standard InChI is InChI=1S/C16H15ClN2O3/c17-11-5-7-12(8-6-11)18-15(20)13-3-1-9-19(13)16(21)14-4-2-10-22-14/h2,4-8,10,13H,1,3,9H2,(H,18,20)/t13-/m1/s1. The molecule has 1 aromatic heterocycles. The topological polar surface area (TPSA) is 62.6 Å². The van der Waals surface area contributed by atoms with Crippen molar-refractivity contribution in [2.24, 2.45) is 0 Å². The highest BCUT2D eigenvalue weighted by atomic mass is 35.5. The van der Waals surface area contributed by atoms with Gasteiger partial charge < -0.3 is 14.6 Å². The minimum atomic E-state index is -0.478. The zero-order chi connectivity index (χ0) is 15.5. The van der Waals surface area contributed by atoms with E-state index in [2.05, 4.69) is 5.32 Å². The van der Waals surface area contributed by atoms with Crippen LogP contribution in [0.4, 0.5) is 5.69 Å². The molecule has 1 aliphatic heterocycles. The van der Waals surface area contributed by atoms with Gasteiger partial charge in [-0.1, -0.05) is 11.6 Å². The van der Waals surface area contributed by atoms with Crippen molar-refractivity contribution in [3.05, 3.63) is 53.4 Å². The van der Waals surface area contributed by atoms with Crippen molar-refractivity contribution in [3.63, 3.8) is 0 Å². The second-order valence-electron chi connectivity index (χ2n) is 5.13. The minimum Gasteiger partial charge on any atom is -0.459 e. The molecule has 1 atom stereocenters. The van der Waals surface area contributed by atoms with Crippen molar-refractivity contribution in [1.29, 1.82) is 0 Å². The molecular formula is C16H15ClN2O3. The van der Waals surface area contributed by atoms with Gasteiger partial charge in [0.15, 0.2) is 5.76 Å². The highest BCUT2D eigenvalue weighted by molar-refractivity contribution is 6.30. The van der Waals surface area contributed by atoms with E-state index in [4.69, 9.17) is 16.0 Å². The van der Waals surface area contributed by atoms with E-state index in [1.54, 1.807) is 41.3 Å². The summed E-state index contributed by atoms with van der Waals surface area (Å²) in [6.07, 6.45) is 2.89. The van der Waals surface area contributed by atoms with Gasteiger partial charge in [0.1, 0.15) is 6.04 Å². The number of hydrogen-bond acceptors (Lipinski definition) is 3. The average Bonchev–Trinajstić information content (AvgIpc) is 3.20. The third kappa shape index (κ3) is 2.99. The van der Waals surface area contributed by atoms with Crippen molar-refractivity contribution in [1.82, 2.24) is 4.90 Å². The maximum Gasteiger partial charge on any atom is 0.290 e. The first-order valence-corrected chi connectivity index (χ1v) is 7.44. The maximum atomic E-state index is 12.4. The number of amides is 2. The fourth-order valence-corrected chi connectivity index (χ4v) is 2.71. The minimum absolute atomic E-state index is 0.195. The van der Waals surface area contributed by atoms with Crippen LogP contribution in [0.1, 0.15) is 23.4 Å². The largest absolute Gasteiger partial charge is 0.459 e. The first-order chi connectivity index (χ1) is 10.6. The van der Waals surface area contributed by atoms with Crippen LogP contribution in [0.5, 0.6) is 0 Å². The Bertz CT molecular complexity index is 667. The summed E-state index contributed by atoms with van der Waals surface area (Å²) < 4.78 is 5.13. The molecule has 0 unspecified atom stereocenters. The molecule has 2 aromatic rings. The number of hydrogen-bond donors (Lipinski definition) is 1. The van der Waals surface area contributed by atoms with Gasteiger partial charge in [0.2, 0.25) is 5.91 Å². The molecule has 5 nitrogen and oxygen atoms in total. The molecule has 22 heavy (non-hydrogen) atoms. The van der Waals surface area contributed by atoms with Crippen molar-refractivity contribution in [2.45, 2.75) is 18.9 Å². The van der Waals surface area contributed by atoms with E-state index in [-0.39, 0.29) is 17.6 Å². The summed E-state index contributed by atoms with van der Waals surface area (Å²) in [6.45, 7) is 0.554. The normalized spacial score (nSPS) is 17.5. The van der Waals surface area contributed by atoms with Gasteiger partial charge in [-0.15, -0.1) is 0 Å². The molecule has 0 saturated carbocycles. The Kier molecular flexibility index (Phi) is 4.15. The monoisotopic (exact) mass is 318 g/mol. The van der Waals surface area contributed by atoms with Gasteiger partial charge in [-0.3, -0.25) is 9.59 Å². The average molecular weight is 319 g/mol. The molecule has 1 aliphatic rings. The van der Waals surface area contributed by atoms with E-state index in [0.29, 0.717) is 23.7 Å². The number of carbonyl (C=O) groups excluding carboxylic acids is 2. The molecule has 0 radical (unpaired) electrons. The number of nitrogens with one attached hydrogen (secondary N) is 1. The van der Waals surface area contributed by atoms with Gasteiger partial charge in [-0.05, 0) is 49.2 Å². The first-order valence-electron chi connectivity index (χ1n) is 7.06. The molecule has 2 amide bonds. The number of furan rings is 1. The summed E-state index contributed by atoms with van der Waals surface area (Å²) >= 11 is 5.82. The number of nitrogens with zero attached hydrogens (tertiary/aromatic N) is 1. The Morgan fingerprint density at radius 3 is 2.68 bits per heavy atom. The Morgan fingerprint density at radius 1 is 1.23 bits per heavy atom. The van der Waals surface area contributed by atoms with Gasteiger partial charge in [0, 0.05) is 17.3 Å². The Morgan fingerprint density at radius 2 is 2.00 bits per heavy atom. The van der Waals surface area contributed by atoms with Crippen LogP contribution < -0.4 is 5.32 Å². The molecule has 1 N–H and O–H groups in total. The van der Waals surface area contributed by atoms with E-state index in [0.717, 1.165) is 6.42 Å². The number of anilines is 1. The maximum absolute atomic E-state index is 12.4. The summed E-state index contributed by atoms with van der Waals surface area (Å²) in [5.74, 6) is -0.190. The molecule has 114 valence electrons. The van der Waals surface area contributed by atoms with Crippen LogP contribution in [-0.4, -0.2) is 29.3 Å². The Balaban J connectivity index is 1.71. The molecule has 1 fully saturated rings. The van der Waals surface area contributed by atoms with Crippen molar-refractivity contribution < 1.29 is 14.0 Å². The van der Waals surface area contributed by atoms with Crippen molar-refractivity contribution >= 4 is 29.1 Å². The quantitative estimate of drug-likeness (QED) is 0.945. The molecule has 0 bridgehead atoms. The zero-order valence-electron chi connectivity index (χ0n) is 11.8. The summed E-state index contributed by atoms with van der Waals surface area (Å²) in [7, 11) is 0. The Hall–Kier alpha value is -2.27. The van der Waals surface area contributed by atoms with Crippen LogP contribution in [0.2, 0.25) is 5.02 Å². The van der Waals surface area contributed by atoms with Gasteiger partial charge in [-0.25, -0.2) is 0 Å². The predicted octanol–water partition coefficient (Wildman–Crippen LogP) is 3.18. The number of likely N-dealkylation sites (tertiary alicyclic amines) is 1. The van der Waals surface area contributed by atoms with Crippen molar-refractivity contribution in [2.75, 3.05) is 11.9 Å². The summed E-state index contributed by atoms with van der Waals surface area (Å²) in [6, 6.07) is 9.66. The number of benzene rings is 1. The highest BCUT2D eigenvalue weighted by Gasteiger charge is 2.35. The molecule has 2 heterocycles. The van der Waals surface area contributed by atoms with E-state index in [1.165, 1.54) is 6.26 Å². The van der Waals surface area contributed by atoms with E-state index in [1.807, 2.05) is 0 Å². The van der Waals surface area contributed by atoms with E-state index < -0.39 is 6.04 Å². The molecule has 6 heteroatoms. The first kappa shape index (κ1) is 14.7. The van der Waals surface area contributed by atoms with Crippen LogP contribution in [0.3, 0.4) is 0 Å². The smallest absolute Gasteiger partial charge is 0.290 e. The fourth-order valence-electron chi connectivity index (χ4n) is 2.58. The molecule has 1 saturated heterocycles. The van der Waals surface area contributed by atoms with Gasteiger partial charge in [0.25, 0.3) is 5.91 Å². The number of rotatable bonds is 3. The zero-order valence-corrected chi connectivity index (χ0v) is 12.5. The lowest BCUT2D eigenvalue weighted by atomic mass is 10.2. The van der Waals surface area contributed by atoms with E-state index >= 15 is 0 Å². The highest BCUT2D eigenvalue weighted by Crippen LogP contribution is 2.22. The molecule has 0 spiro atoms. The third-order valence-electron chi connectivity index (χ3n) is 3.66. The molecule has 0 aliphatic carbocycles.